The van der Waals surface area contributed by atoms with Crippen LogP contribution < -0.4 is 10.5 Å². The van der Waals surface area contributed by atoms with Gasteiger partial charge in [0.05, 0.1) is 19.1 Å². The molecule has 1 aliphatic rings. The summed E-state index contributed by atoms with van der Waals surface area (Å²) in [4.78, 5) is 26.4. The molecule has 0 unspecified atom stereocenters. The fourth-order valence-corrected chi connectivity index (χ4v) is 3.53. The van der Waals surface area contributed by atoms with Crippen LogP contribution in [-0.2, 0) is 4.79 Å². The zero-order valence-corrected chi connectivity index (χ0v) is 16.1. The number of nitrogens with two attached hydrogens (primary N) is 1. The highest BCUT2D eigenvalue weighted by molar-refractivity contribution is 5.94. The van der Waals surface area contributed by atoms with Gasteiger partial charge in [-0.3, -0.25) is 9.59 Å². The van der Waals surface area contributed by atoms with Crippen molar-refractivity contribution in [2.75, 3.05) is 20.2 Å². The zero-order valence-electron chi connectivity index (χ0n) is 16.1. The number of carbonyl (C=O) groups excluding carboxylic acids is 2. The number of aromatic nitrogens is 2. The molecule has 8 heteroatoms. The predicted octanol–water partition coefficient (Wildman–Crippen LogP) is 2.48. The summed E-state index contributed by atoms with van der Waals surface area (Å²) in [7, 11) is 1.60. The SMILES string of the molecule is COc1ccc(-n2nc(-c3ccco3)cc2C(=O)N2CCC(C(N)=O)CC2)cc1. The molecule has 0 radical (unpaired) electrons. The Morgan fingerprint density at radius 1 is 1.17 bits per heavy atom. The van der Waals surface area contributed by atoms with E-state index in [2.05, 4.69) is 5.10 Å². The Hall–Kier alpha value is -3.55. The van der Waals surface area contributed by atoms with Crippen LogP contribution in [0.5, 0.6) is 5.75 Å². The van der Waals surface area contributed by atoms with Crippen LogP contribution in [0.2, 0.25) is 0 Å². The monoisotopic (exact) mass is 394 g/mol. The third-order valence-electron chi connectivity index (χ3n) is 5.20. The number of primary amides is 1. The molecule has 3 aromatic rings. The maximum Gasteiger partial charge on any atom is 0.272 e. The molecule has 2 N–H and O–H groups in total. The Morgan fingerprint density at radius 3 is 2.48 bits per heavy atom. The second kappa shape index (κ2) is 7.83. The average molecular weight is 394 g/mol. The van der Waals surface area contributed by atoms with E-state index in [0.29, 0.717) is 48.8 Å². The molecule has 1 fully saturated rings. The van der Waals surface area contributed by atoms with Gasteiger partial charge in [-0.2, -0.15) is 5.10 Å². The number of carbonyl (C=O) groups is 2. The molecule has 0 bridgehead atoms. The highest BCUT2D eigenvalue weighted by Crippen LogP contribution is 2.26. The maximum atomic E-state index is 13.3. The smallest absolute Gasteiger partial charge is 0.272 e. The molecule has 0 spiro atoms. The summed E-state index contributed by atoms with van der Waals surface area (Å²) in [5.41, 5.74) is 7.14. The summed E-state index contributed by atoms with van der Waals surface area (Å²) in [5, 5.41) is 4.60. The third-order valence-corrected chi connectivity index (χ3v) is 5.20. The molecule has 3 heterocycles. The van der Waals surface area contributed by atoms with Gasteiger partial charge in [-0.1, -0.05) is 0 Å². The van der Waals surface area contributed by atoms with Crippen LogP contribution in [0.3, 0.4) is 0 Å². The van der Waals surface area contributed by atoms with E-state index >= 15 is 0 Å². The molecule has 8 nitrogen and oxygen atoms in total. The standard InChI is InChI=1S/C21H22N4O4/c1-28-16-6-4-15(5-7-16)25-18(13-17(23-25)19-3-2-12-29-19)21(27)24-10-8-14(9-11-24)20(22)26/h2-7,12-14H,8-11H2,1H3,(H2,22,26). The molecule has 1 aromatic carbocycles. The lowest BCUT2D eigenvalue weighted by molar-refractivity contribution is -0.123. The van der Waals surface area contributed by atoms with Crippen molar-refractivity contribution in [1.29, 1.82) is 0 Å². The number of piperidine rings is 1. The third kappa shape index (κ3) is 3.73. The van der Waals surface area contributed by atoms with E-state index in [0.717, 1.165) is 5.69 Å². The van der Waals surface area contributed by atoms with Gasteiger partial charge in [-0.15, -0.1) is 0 Å². The number of hydrogen-bond donors (Lipinski definition) is 1. The van der Waals surface area contributed by atoms with Crippen LogP contribution in [0.15, 0.2) is 53.1 Å². The topological polar surface area (TPSA) is 104 Å². The van der Waals surface area contributed by atoms with E-state index in [9.17, 15) is 9.59 Å². The molecular formula is C21H22N4O4. The summed E-state index contributed by atoms with van der Waals surface area (Å²) >= 11 is 0. The van der Waals surface area contributed by atoms with Crippen LogP contribution in [0.1, 0.15) is 23.3 Å². The van der Waals surface area contributed by atoms with Crippen molar-refractivity contribution in [2.24, 2.45) is 11.7 Å². The molecule has 0 saturated carbocycles. The Labute approximate surface area is 167 Å². The highest BCUT2D eigenvalue weighted by Gasteiger charge is 2.29. The molecule has 150 valence electrons. The Balaban J connectivity index is 1.67. The van der Waals surface area contributed by atoms with Crippen molar-refractivity contribution in [1.82, 2.24) is 14.7 Å². The van der Waals surface area contributed by atoms with Gasteiger partial charge in [0.25, 0.3) is 5.91 Å². The van der Waals surface area contributed by atoms with Crippen molar-refractivity contribution in [3.63, 3.8) is 0 Å². The van der Waals surface area contributed by atoms with E-state index in [1.54, 1.807) is 41.2 Å². The van der Waals surface area contributed by atoms with Crippen molar-refractivity contribution >= 4 is 11.8 Å². The number of benzene rings is 1. The minimum absolute atomic E-state index is 0.144. The first kappa shape index (κ1) is 18.8. The number of nitrogens with zero attached hydrogens (tertiary/aromatic N) is 3. The summed E-state index contributed by atoms with van der Waals surface area (Å²) in [6.45, 7) is 0.965. The van der Waals surface area contributed by atoms with Crippen molar-refractivity contribution in [2.45, 2.75) is 12.8 Å². The first-order valence-corrected chi connectivity index (χ1v) is 9.44. The molecule has 1 aliphatic heterocycles. The van der Waals surface area contributed by atoms with Crippen LogP contribution >= 0.6 is 0 Å². The Morgan fingerprint density at radius 2 is 1.90 bits per heavy atom. The lowest BCUT2D eigenvalue weighted by Gasteiger charge is -2.30. The van der Waals surface area contributed by atoms with Crippen LogP contribution in [0, 0.1) is 5.92 Å². The second-order valence-corrected chi connectivity index (χ2v) is 6.97. The minimum atomic E-state index is -0.305. The number of likely N-dealkylation sites (tertiary alicyclic amines) is 1. The average Bonchev–Trinajstić information content (AvgIpc) is 3.43. The zero-order chi connectivity index (χ0) is 20.4. The molecule has 2 amide bonds. The van der Waals surface area contributed by atoms with Crippen molar-refractivity contribution in [3.8, 4) is 22.9 Å². The van der Waals surface area contributed by atoms with Gasteiger partial charge in [0.1, 0.15) is 17.1 Å². The van der Waals surface area contributed by atoms with Gasteiger partial charge in [-0.25, -0.2) is 4.68 Å². The van der Waals surface area contributed by atoms with E-state index in [-0.39, 0.29) is 17.7 Å². The molecule has 4 rings (SSSR count). The lowest BCUT2D eigenvalue weighted by atomic mass is 9.96. The summed E-state index contributed by atoms with van der Waals surface area (Å²) in [6.07, 6.45) is 2.71. The minimum Gasteiger partial charge on any atom is -0.497 e. The Bertz CT molecular complexity index is 1000. The van der Waals surface area contributed by atoms with E-state index < -0.39 is 0 Å². The molecule has 0 atom stereocenters. The second-order valence-electron chi connectivity index (χ2n) is 6.97. The number of ether oxygens (including phenoxy) is 1. The fraction of sp³-hybridized carbons (Fsp3) is 0.286. The molecule has 0 aliphatic carbocycles. The first-order chi connectivity index (χ1) is 14.1. The quantitative estimate of drug-likeness (QED) is 0.716. The summed E-state index contributed by atoms with van der Waals surface area (Å²) in [6, 6.07) is 12.6. The number of furan rings is 1. The summed E-state index contributed by atoms with van der Waals surface area (Å²) < 4.78 is 12.3. The van der Waals surface area contributed by atoms with Gasteiger partial charge in [-0.05, 0) is 49.2 Å². The number of amides is 2. The van der Waals surface area contributed by atoms with Crippen molar-refractivity contribution in [3.05, 3.63) is 54.4 Å². The predicted molar refractivity (Wildman–Crippen MR) is 106 cm³/mol. The van der Waals surface area contributed by atoms with Crippen LogP contribution in [0.25, 0.3) is 17.1 Å². The van der Waals surface area contributed by atoms with E-state index in [1.165, 1.54) is 0 Å². The van der Waals surface area contributed by atoms with Gasteiger partial charge >= 0.3 is 0 Å². The van der Waals surface area contributed by atoms with Gasteiger partial charge in [0.15, 0.2) is 5.76 Å². The van der Waals surface area contributed by atoms with Crippen molar-refractivity contribution < 1.29 is 18.7 Å². The summed E-state index contributed by atoms with van der Waals surface area (Å²) in [5.74, 6) is 0.672. The molecule has 2 aromatic heterocycles. The highest BCUT2D eigenvalue weighted by atomic mass is 16.5. The lowest BCUT2D eigenvalue weighted by Crippen LogP contribution is -2.42. The first-order valence-electron chi connectivity index (χ1n) is 9.44. The number of methoxy groups -OCH3 is 1. The Kier molecular flexibility index (Phi) is 5.07. The van der Waals surface area contributed by atoms with Gasteiger partial charge in [0, 0.05) is 25.1 Å². The van der Waals surface area contributed by atoms with Gasteiger partial charge < -0.3 is 19.8 Å². The van der Waals surface area contributed by atoms with E-state index in [1.807, 2.05) is 24.3 Å². The normalized spacial score (nSPS) is 14.7. The molecule has 29 heavy (non-hydrogen) atoms. The molecular weight excluding hydrogens is 372 g/mol. The van der Waals surface area contributed by atoms with Crippen LogP contribution in [-0.4, -0.2) is 46.7 Å². The largest absolute Gasteiger partial charge is 0.497 e. The van der Waals surface area contributed by atoms with Gasteiger partial charge in [0.2, 0.25) is 5.91 Å². The van der Waals surface area contributed by atoms with Crippen LogP contribution in [0.4, 0.5) is 0 Å². The maximum absolute atomic E-state index is 13.3. The van der Waals surface area contributed by atoms with E-state index in [4.69, 9.17) is 14.9 Å². The number of hydrogen-bond acceptors (Lipinski definition) is 5. The number of rotatable bonds is 5. The fourth-order valence-electron chi connectivity index (χ4n) is 3.53. The molecule has 1 saturated heterocycles.